The van der Waals surface area contributed by atoms with Gasteiger partial charge in [-0.2, -0.15) is 0 Å². The first-order valence-electron chi connectivity index (χ1n) is 19.9. The van der Waals surface area contributed by atoms with Gasteiger partial charge in [-0.15, -0.1) is 0 Å². The molecule has 0 heterocycles. The molecule has 0 aliphatic heterocycles. The van der Waals surface area contributed by atoms with Crippen LogP contribution < -0.4 is 8.79 Å². The molecule has 284 valence electrons. The van der Waals surface area contributed by atoms with E-state index < -0.39 is 61.1 Å². The predicted molar refractivity (Wildman–Crippen MR) is 256 cm³/mol. The Kier molecular flexibility index (Phi) is 14.9. The summed E-state index contributed by atoms with van der Waals surface area (Å²) in [7, 11) is -2.27. The molecule has 0 radical (unpaired) electrons. The van der Waals surface area contributed by atoms with Crippen molar-refractivity contribution in [3.63, 3.8) is 0 Å². The van der Waals surface area contributed by atoms with Crippen LogP contribution in [0.3, 0.4) is 0 Å². The number of benzene rings is 2. The van der Waals surface area contributed by atoms with Crippen molar-refractivity contribution in [1.82, 2.24) is 0 Å². The molecule has 0 saturated carbocycles. The van der Waals surface area contributed by atoms with Gasteiger partial charge in [-0.3, -0.25) is 0 Å². The van der Waals surface area contributed by atoms with Gasteiger partial charge in [-0.05, 0) is 0 Å². The molecule has 0 spiro atoms. The van der Waals surface area contributed by atoms with E-state index in [1.807, 2.05) is 0 Å². The van der Waals surface area contributed by atoms with E-state index in [0.29, 0.717) is 28.1 Å². The molecule has 2 aromatic rings. The third kappa shape index (κ3) is 10.8. The Morgan fingerprint density at radius 2 is 0.600 bits per heavy atom. The number of rotatable bonds is 14. The van der Waals surface area contributed by atoms with Crippen LogP contribution in [0.25, 0.3) is 0 Å². The second-order valence-corrected chi connectivity index (χ2v) is 62.6. The van der Waals surface area contributed by atoms with Crippen molar-refractivity contribution in [3.05, 3.63) is 57.6 Å². The van der Waals surface area contributed by atoms with E-state index in [9.17, 15) is 0 Å². The van der Waals surface area contributed by atoms with Crippen molar-refractivity contribution in [3.8, 4) is 0 Å². The number of hydrogen-bond acceptors (Lipinski definition) is 1. The van der Waals surface area contributed by atoms with Gasteiger partial charge in [0.15, 0.2) is 0 Å². The molecular formula is C42H82GeSSi6. The summed E-state index contributed by atoms with van der Waals surface area (Å²) in [6.07, 6.45) is 0. The summed E-state index contributed by atoms with van der Waals surface area (Å²) < 4.78 is 3.41. The minimum atomic E-state index is -2.49. The Hall–Kier alpha value is 0.504. The molecule has 0 bridgehead atoms. The molecule has 50 heavy (non-hydrogen) atoms. The maximum absolute atomic E-state index is 7.40. The van der Waals surface area contributed by atoms with Crippen molar-refractivity contribution in [1.29, 1.82) is 0 Å². The van der Waals surface area contributed by atoms with Crippen LogP contribution in [0.4, 0.5) is 0 Å². The molecule has 0 amide bonds. The van der Waals surface area contributed by atoms with Crippen LogP contribution >= 0.6 is 10.5 Å². The predicted octanol–water partition coefficient (Wildman–Crippen LogP) is 13.9. The van der Waals surface area contributed by atoms with Crippen molar-refractivity contribution in [2.45, 2.75) is 193 Å². The Balaban J connectivity index is 3.59. The van der Waals surface area contributed by atoms with Crippen molar-refractivity contribution < 1.29 is 0 Å². The van der Waals surface area contributed by atoms with Crippen LogP contribution in [0, 0.1) is 0 Å². The van der Waals surface area contributed by atoms with Gasteiger partial charge in [0.05, 0.1) is 0 Å². The molecule has 2 rings (SSSR count). The molecule has 0 N–H and O–H groups in total. The van der Waals surface area contributed by atoms with Crippen LogP contribution in [0.15, 0.2) is 24.3 Å². The standard InChI is InChI=1S/C42H82GeSSi6/c1-29(2)32-25-34(30(3)4)38(35(26-32)31(5)6)43(44)39-36(41(47(13,14)15)48(16,17)18)27-33(40(45(7,8)9)46(10,11)12)28-37(39)42(49(19,20)21)50(22,23)24/h25-31,40-42H,1-24H3. The normalized spacial score (nSPS) is 14.4. The Morgan fingerprint density at radius 1 is 0.360 bits per heavy atom. The monoisotopic (exact) mass is 860 g/mol. The Labute approximate surface area is 328 Å². The van der Waals surface area contributed by atoms with Crippen LogP contribution in [-0.2, 0) is 0 Å². The van der Waals surface area contributed by atoms with Crippen LogP contribution in [0.1, 0.15) is 108 Å². The van der Waals surface area contributed by atoms with E-state index >= 15 is 0 Å². The van der Waals surface area contributed by atoms with E-state index in [4.69, 9.17) is 10.5 Å². The average Bonchev–Trinajstić information content (AvgIpc) is 2.82. The van der Waals surface area contributed by atoms with Gasteiger partial charge in [-0.25, -0.2) is 0 Å². The summed E-state index contributed by atoms with van der Waals surface area (Å²) in [5.41, 5.74) is 9.92. The van der Waals surface area contributed by atoms with Gasteiger partial charge >= 0.3 is 331 Å². The van der Waals surface area contributed by atoms with Crippen LogP contribution in [-0.4, -0.2) is 61.1 Å². The Bertz CT molecular complexity index is 1390. The molecule has 8 heteroatoms. The third-order valence-corrected chi connectivity index (χ3v) is 45.3. The zero-order valence-corrected chi connectivity index (χ0v) is 46.6. The summed E-state index contributed by atoms with van der Waals surface area (Å²) in [6, 6.07) is 11.0. The fraction of sp³-hybridized carbons (Fsp3) is 0.714. The fourth-order valence-corrected chi connectivity index (χ4v) is 57.7. The molecule has 0 fully saturated rings. The topological polar surface area (TPSA) is 0 Å². The van der Waals surface area contributed by atoms with Gasteiger partial charge in [0, 0.05) is 0 Å². The average molecular weight is 860 g/mol. The van der Waals surface area contributed by atoms with Gasteiger partial charge < -0.3 is 0 Å². The Morgan fingerprint density at radius 3 is 0.820 bits per heavy atom. The molecule has 2 aromatic carbocycles. The molecule has 0 nitrogen and oxygen atoms in total. The third-order valence-electron chi connectivity index (χ3n) is 11.0. The molecule has 0 saturated heterocycles. The van der Waals surface area contributed by atoms with E-state index in [1.54, 1.807) is 36.6 Å². The summed E-state index contributed by atoms with van der Waals surface area (Å²) in [5.74, 6) is 1.45. The summed E-state index contributed by atoms with van der Waals surface area (Å²) >= 11 is -2.49. The first-order valence-corrected chi connectivity index (χ1v) is 46.5. The van der Waals surface area contributed by atoms with E-state index in [2.05, 4.69) is 184 Å². The number of hydrogen-bond donors (Lipinski definition) is 0. The zero-order chi connectivity index (χ0) is 39.5. The maximum atomic E-state index is 7.40. The van der Waals surface area contributed by atoms with Gasteiger partial charge in [-0.1, -0.05) is 0 Å². The summed E-state index contributed by atoms with van der Waals surface area (Å²) in [4.78, 5) is 0. The molecule has 0 atom stereocenters. The van der Waals surface area contributed by atoms with Gasteiger partial charge in [0.1, 0.15) is 0 Å². The van der Waals surface area contributed by atoms with Crippen molar-refractivity contribution in [2.24, 2.45) is 0 Å². The first-order chi connectivity index (χ1) is 22.0. The molecule has 0 aromatic heterocycles. The summed E-state index contributed by atoms with van der Waals surface area (Å²) in [5, 5.41) is 2.09. The SMILES string of the molecule is CC(C)c1cc(C(C)C)[c]([Ge](=[S])[c]2c(C([Si](C)(C)C)[Si](C)(C)C)cc(C([Si](C)(C)C)[Si](C)(C)C)cc2C([Si](C)(C)C)[Si](C)(C)C)c(C(C)C)c1. The second-order valence-electron chi connectivity index (χ2n) is 23.4. The quantitative estimate of drug-likeness (QED) is 0.171. The van der Waals surface area contributed by atoms with E-state index in [0.717, 1.165) is 5.16 Å². The molecule has 0 aliphatic rings. The zero-order valence-electron chi connectivity index (χ0n) is 37.7. The van der Waals surface area contributed by atoms with Crippen molar-refractivity contribution >= 4 is 80.4 Å². The minimum absolute atomic E-state index is 0.468. The van der Waals surface area contributed by atoms with E-state index in [1.165, 1.54) is 5.56 Å². The molecule has 0 aliphatic carbocycles. The fourth-order valence-electron chi connectivity index (χ4n) is 10.7. The molecule has 0 unspecified atom stereocenters. The first kappa shape index (κ1) is 46.7. The van der Waals surface area contributed by atoms with Gasteiger partial charge in [0.25, 0.3) is 0 Å². The van der Waals surface area contributed by atoms with Crippen LogP contribution in [0.2, 0.25) is 118 Å². The van der Waals surface area contributed by atoms with Crippen molar-refractivity contribution in [2.75, 3.05) is 0 Å². The van der Waals surface area contributed by atoms with Crippen LogP contribution in [0.5, 0.6) is 0 Å². The van der Waals surface area contributed by atoms with Gasteiger partial charge in [0.2, 0.25) is 0 Å². The van der Waals surface area contributed by atoms with E-state index in [-0.39, 0.29) is 0 Å². The molecular weight excluding hydrogens is 778 g/mol. The second kappa shape index (κ2) is 15.9. The summed E-state index contributed by atoms with van der Waals surface area (Å²) in [6.45, 7) is 62.7.